The quantitative estimate of drug-likeness (QED) is 0.677. The SMILES string of the molecule is CCCCC(CC)CNc1c(Cl)cc(N)cc1Cl. The maximum Gasteiger partial charge on any atom is 0.0720 e. The number of nitrogens with one attached hydrogen (secondary N) is 1. The van der Waals surface area contributed by atoms with Crippen molar-refractivity contribution in [3.05, 3.63) is 22.2 Å². The van der Waals surface area contributed by atoms with E-state index >= 15 is 0 Å². The molecule has 2 nitrogen and oxygen atoms in total. The molecule has 0 saturated heterocycles. The van der Waals surface area contributed by atoms with Crippen molar-refractivity contribution in [2.45, 2.75) is 39.5 Å². The van der Waals surface area contributed by atoms with Crippen LogP contribution in [-0.4, -0.2) is 6.54 Å². The number of hydrogen-bond acceptors (Lipinski definition) is 2. The van der Waals surface area contributed by atoms with Crippen LogP contribution < -0.4 is 11.1 Å². The number of nitrogens with two attached hydrogens (primary N) is 1. The van der Waals surface area contributed by atoms with Crippen LogP contribution in [0.5, 0.6) is 0 Å². The summed E-state index contributed by atoms with van der Waals surface area (Å²) in [6.07, 6.45) is 4.91. The van der Waals surface area contributed by atoms with Crippen LogP contribution in [0.4, 0.5) is 11.4 Å². The second-order valence-electron chi connectivity index (χ2n) is 4.66. The molecule has 1 aromatic carbocycles. The Morgan fingerprint density at radius 2 is 1.83 bits per heavy atom. The van der Waals surface area contributed by atoms with Gasteiger partial charge in [-0.15, -0.1) is 0 Å². The van der Waals surface area contributed by atoms with E-state index in [1.165, 1.54) is 19.3 Å². The fourth-order valence-electron chi connectivity index (χ4n) is 1.95. The molecule has 1 rings (SSSR count). The molecule has 0 aliphatic heterocycles. The lowest BCUT2D eigenvalue weighted by molar-refractivity contribution is 0.473. The van der Waals surface area contributed by atoms with Crippen molar-refractivity contribution in [2.75, 3.05) is 17.6 Å². The summed E-state index contributed by atoms with van der Waals surface area (Å²) in [5.74, 6) is 0.662. The third-order valence-electron chi connectivity index (χ3n) is 3.18. The molecule has 0 fully saturated rings. The van der Waals surface area contributed by atoms with Crippen molar-refractivity contribution in [2.24, 2.45) is 5.92 Å². The van der Waals surface area contributed by atoms with Gasteiger partial charge < -0.3 is 11.1 Å². The van der Waals surface area contributed by atoms with Gasteiger partial charge >= 0.3 is 0 Å². The van der Waals surface area contributed by atoms with Crippen LogP contribution in [0.15, 0.2) is 12.1 Å². The number of anilines is 2. The van der Waals surface area contributed by atoms with E-state index in [2.05, 4.69) is 19.2 Å². The summed E-state index contributed by atoms with van der Waals surface area (Å²) in [6.45, 7) is 5.34. The smallest absolute Gasteiger partial charge is 0.0720 e. The van der Waals surface area contributed by atoms with E-state index in [0.29, 0.717) is 21.7 Å². The lowest BCUT2D eigenvalue weighted by atomic mass is 9.99. The van der Waals surface area contributed by atoms with Crippen molar-refractivity contribution < 1.29 is 0 Å². The standard InChI is InChI=1S/C14H22Cl2N2/c1-3-5-6-10(4-2)9-18-14-12(15)7-11(17)8-13(14)16/h7-8,10,18H,3-6,9,17H2,1-2H3. The van der Waals surface area contributed by atoms with Crippen LogP contribution in [0, 0.1) is 5.92 Å². The molecule has 18 heavy (non-hydrogen) atoms. The summed E-state index contributed by atoms with van der Waals surface area (Å²) in [6, 6.07) is 3.45. The Kier molecular flexibility index (Phi) is 6.66. The summed E-state index contributed by atoms with van der Waals surface area (Å²) in [4.78, 5) is 0. The predicted molar refractivity (Wildman–Crippen MR) is 82.7 cm³/mol. The van der Waals surface area contributed by atoms with Gasteiger partial charge in [0.05, 0.1) is 15.7 Å². The largest absolute Gasteiger partial charge is 0.399 e. The number of nitrogen functional groups attached to an aromatic ring is 1. The Balaban J connectivity index is 2.62. The van der Waals surface area contributed by atoms with E-state index in [9.17, 15) is 0 Å². The number of rotatable bonds is 7. The summed E-state index contributed by atoms with van der Waals surface area (Å²) in [5, 5.41) is 4.53. The first-order chi connectivity index (χ1) is 8.58. The van der Waals surface area contributed by atoms with Gasteiger partial charge in [0.2, 0.25) is 0 Å². The minimum absolute atomic E-state index is 0.588. The lowest BCUT2D eigenvalue weighted by Gasteiger charge is -2.18. The van der Waals surface area contributed by atoms with Crippen LogP contribution in [0.1, 0.15) is 39.5 Å². The number of benzene rings is 1. The highest BCUT2D eigenvalue weighted by Crippen LogP contribution is 2.33. The van der Waals surface area contributed by atoms with Crippen molar-refractivity contribution in [3.8, 4) is 0 Å². The average Bonchev–Trinajstić information content (AvgIpc) is 2.31. The predicted octanol–water partition coefficient (Wildman–Crippen LogP) is 5.20. The zero-order chi connectivity index (χ0) is 13.5. The third kappa shape index (κ3) is 4.58. The average molecular weight is 289 g/mol. The molecule has 4 heteroatoms. The summed E-state index contributed by atoms with van der Waals surface area (Å²) in [7, 11) is 0. The fraction of sp³-hybridized carbons (Fsp3) is 0.571. The van der Waals surface area contributed by atoms with E-state index in [4.69, 9.17) is 28.9 Å². The molecule has 0 aliphatic carbocycles. The van der Waals surface area contributed by atoms with Gasteiger partial charge in [-0.1, -0.05) is 56.3 Å². The first-order valence-electron chi connectivity index (χ1n) is 6.56. The summed E-state index contributed by atoms with van der Waals surface area (Å²) < 4.78 is 0. The first kappa shape index (κ1) is 15.5. The molecule has 0 bridgehead atoms. The molecule has 1 unspecified atom stereocenters. The van der Waals surface area contributed by atoms with Crippen molar-refractivity contribution in [1.82, 2.24) is 0 Å². The number of hydrogen-bond donors (Lipinski definition) is 2. The number of halogens is 2. The summed E-state index contributed by atoms with van der Waals surface area (Å²) in [5.41, 5.74) is 7.06. The second-order valence-corrected chi connectivity index (χ2v) is 5.47. The van der Waals surface area contributed by atoms with Crippen molar-refractivity contribution in [1.29, 1.82) is 0 Å². The summed E-state index contributed by atoms with van der Waals surface area (Å²) >= 11 is 12.3. The molecule has 1 aromatic rings. The zero-order valence-corrected chi connectivity index (χ0v) is 12.6. The van der Waals surface area contributed by atoms with Crippen LogP contribution in [0.2, 0.25) is 10.0 Å². The van der Waals surface area contributed by atoms with Crippen LogP contribution in [0.3, 0.4) is 0 Å². The van der Waals surface area contributed by atoms with E-state index in [1.54, 1.807) is 12.1 Å². The van der Waals surface area contributed by atoms with Gasteiger partial charge in [-0.3, -0.25) is 0 Å². The maximum atomic E-state index is 6.14. The van der Waals surface area contributed by atoms with Crippen molar-refractivity contribution in [3.63, 3.8) is 0 Å². The monoisotopic (exact) mass is 288 g/mol. The van der Waals surface area contributed by atoms with Gasteiger partial charge in [0.15, 0.2) is 0 Å². The molecule has 0 saturated carbocycles. The molecule has 102 valence electrons. The molecule has 3 N–H and O–H groups in total. The Morgan fingerprint density at radius 3 is 2.33 bits per heavy atom. The van der Waals surface area contributed by atoms with Crippen LogP contribution >= 0.6 is 23.2 Å². The van der Waals surface area contributed by atoms with Gasteiger partial charge in [-0.05, 0) is 24.5 Å². The molecule has 0 aromatic heterocycles. The molecule has 0 spiro atoms. The Labute approximate surface area is 120 Å². The van der Waals surface area contributed by atoms with Crippen LogP contribution in [-0.2, 0) is 0 Å². The topological polar surface area (TPSA) is 38.0 Å². The Morgan fingerprint density at radius 1 is 1.22 bits per heavy atom. The maximum absolute atomic E-state index is 6.14. The zero-order valence-electron chi connectivity index (χ0n) is 11.1. The van der Waals surface area contributed by atoms with Crippen molar-refractivity contribution >= 4 is 34.6 Å². The lowest BCUT2D eigenvalue weighted by Crippen LogP contribution is -2.14. The normalized spacial score (nSPS) is 12.4. The highest BCUT2D eigenvalue weighted by Gasteiger charge is 2.10. The molecule has 0 heterocycles. The number of unbranched alkanes of at least 4 members (excludes halogenated alkanes) is 1. The van der Waals surface area contributed by atoms with E-state index in [0.717, 1.165) is 18.7 Å². The molecule has 0 radical (unpaired) electrons. The Bertz CT molecular complexity index is 357. The highest BCUT2D eigenvalue weighted by atomic mass is 35.5. The molecule has 1 atom stereocenters. The van der Waals surface area contributed by atoms with E-state index in [1.807, 2.05) is 0 Å². The third-order valence-corrected chi connectivity index (χ3v) is 3.77. The van der Waals surface area contributed by atoms with Gasteiger partial charge in [-0.25, -0.2) is 0 Å². The fourth-order valence-corrected chi connectivity index (χ4v) is 2.59. The second kappa shape index (κ2) is 7.75. The van der Waals surface area contributed by atoms with Gasteiger partial charge in [0.25, 0.3) is 0 Å². The van der Waals surface area contributed by atoms with Crippen LogP contribution in [0.25, 0.3) is 0 Å². The van der Waals surface area contributed by atoms with Gasteiger partial charge in [-0.2, -0.15) is 0 Å². The molecule has 0 aliphatic rings. The molecular weight excluding hydrogens is 267 g/mol. The first-order valence-corrected chi connectivity index (χ1v) is 7.32. The van der Waals surface area contributed by atoms with E-state index in [-0.39, 0.29) is 0 Å². The van der Waals surface area contributed by atoms with E-state index < -0.39 is 0 Å². The van der Waals surface area contributed by atoms with Gasteiger partial charge in [0.1, 0.15) is 0 Å². The molecule has 0 amide bonds. The Hall–Kier alpha value is -0.600. The highest BCUT2D eigenvalue weighted by molar-refractivity contribution is 6.39. The minimum Gasteiger partial charge on any atom is -0.399 e. The molecular formula is C14H22Cl2N2. The van der Waals surface area contributed by atoms with Gasteiger partial charge in [0, 0.05) is 12.2 Å². The minimum atomic E-state index is 0.588.